The van der Waals surface area contributed by atoms with Crippen molar-refractivity contribution in [2.24, 2.45) is 14.1 Å². The predicted octanol–water partition coefficient (Wildman–Crippen LogP) is 7.39. The summed E-state index contributed by atoms with van der Waals surface area (Å²) in [6, 6.07) is 33.8. The van der Waals surface area contributed by atoms with E-state index in [2.05, 4.69) is 159 Å². The standard InChI is InChI=1S/C40H31N7.Fe/c1-4-23-41-27-13-11-26(12-14-27)38-30-19-21-34(44-30)39(36-9-5-7-24-46(36)2)32-17-15-28(42-32)29-16-18-33(43-29)40(35-22-20-31(38)45-35)37-10-6-8-25-47(37)3;/h1,5-22,24-25H,23H2,2-3H3,(H2,41,44,45);/q;+3/p+2. The van der Waals surface area contributed by atoms with Crippen LogP contribution in [0.3, 0.4) is 0 Å². The zero-order chi connectivity index (χ0) is 31.9. The molecule has 0 aliphatic carbocycles. The van der Waals surface area contributed by atoms with Crippen LogP contribution in [0.25, 0.3) is 78.9 Å². The van der Waals surface area contributed by atoms with Gasteiger partial charge < -0.3 is 20.3 Å². The first-order valence-electron chi connectivity index (χ1n) is 15.6. The minimum atomic E-state index is 0. The summed E-state index contributed by atoms with van der Waals surface area (Å²) >= 11 is 0. The van der Waals surface area contributed by atoms with Gasteiger partial charge in [-0.3, -0.25) is 0 Å². The van der Waals surface area contributed by atoms with Crippen molar-refractivity contribution in [3.8, 4) is 46.0 Å². The smallest absolute Gasteiger partial charge is 0.374 e. The molecule has 1 aliphatic rings. The van der Waals surface area contributed by atoms with Gasteiger partial charge in [0.15, 0.2) is 12.4 Å². The third kappa shape index (κ3) is 5.46. The summed E-state index contributed by atoms with van der Waals surface area (Å²) in [5.41, 5.74) is 15.0. The second-order valence-electron chi connectivity index (χ2n) is 11.7. The van der Waals surface area contributed by atoms with E-state index in [0.29, 0.717) is 6.54 Å². The van der Waals surface area contributed by atoms with E-state index < -0.39 is 0 Å². The van der Waals surface area contributed by atoms with Gasteiger partial charge in [-0.1, -0.05) is 18.1 Å². The molecule has 0 atom stereocenters. The quantitative estimate of drug-likeness (QED) is 0.0878. The van der Waals surface area contributed by atoms with Gasteiger partial charge in [-0.05, 0) is 78.4 Å². The third-order valence-electron chi connectivity index (χ3n) is 8.77. The van der Waals surface area contributed by atoms with Gasteiger partial charge >= 0.3 is 17.1 Å². The Kier molecular flexibility index (Phi) is 8.16. The molecule has 6 aromatic heterocycles. The molecule has 0 spiro atoms. The molecule has 7 heterocycles. The van der Waals surface area contributed by atoms with E-state index in [1.165, 1.54) is 0 Å². The minimum Gasteiger partial charge on any atom is -0.374 e. The topological polar surface area (TPSA) is 80.1 Å². The number of hydrogen-bond acceptors (Lipinski definition) is 2. The van der Waals surface area contributed by atoms with Crippen molar-refractivity contribution in [3.05, 3.63) is 121 Å². The van der Waals surface area contributed by atoms with E-state index in [-0.39, 0.29) is 17.1 Å². The molecule has 0 amide bonds. The summed E-state index contributed by atoms with van der Waals surface area (Å²) in [6.07, 6.45) is 13.9. The molecular weight excluding hydrogens is 634 g/mol. The van der Waals surface area contributed by atoms with Crippen molar-refractivity contribution in [1.29, 1.82) is 0 Å². The molecule has 231 valence electrons. The fourth-order valence-corrected chi connectivity index (χ4v) is 6.47. The number of pyridine rings is 2. The molecule has 0 saturated heterocycles. The second kappa shape index (κ2) is 12.7. The van der Waals surface area contributed by atoms with Gasteiger partial charge in [-0.2, -0.15) is 0 Å². The number of aromatic amines is 3. The Bertz CT molecular complexity index is 2510. The molecule has 0 unspecified atom stereocenters. The van der Waals surface area contributed by atoms with Crippen LogP contribution in [0.2, 0.25) is 0 Å². The summed E-state index contributed by atoms with van der Waals surface area (Å²) in [4.78, 5) is 16.6. The number of anilines is 1. The summed E-state index contributed by atoms with van der Waals surface area (Å²) < 4.78 is 4.28. The fourth-order valence-electron chi connectivity index (χ4n) is 6.47. The van der Waals surface area contributed by atoms with Gasteiger partial charge in [0.1, 0.15) is 14.1 Å². The van der Waals surface area contributed by atoms with Gasteiger partial charge in [-0.25, -0.2) is 14.1 Å². The first kappa shape index (κ1) is 30.8. The largest absolute Gasteiger partial charge is 3.00 e. The molecule has 0 fully saturated rings. The van der Waals surface area contributed by atoms with Crippen molar-refractivity contribution in [2.75, 3.05) is 11.9 Å². The molecule has 4 N–H and O–H groups in total. The fraction of sp³-hybridized carbons (Fsp3) is 0.0750. The van der Waals surface area contributed by atoms with Crippen molar-refractivity contribution in [3.63, 3.8) is 0 Å². The van der Waals surface area contributed by atoms with Gasteiger partial charge in [0.05, 0.1) is 56.6 Å². The molecule has 7 aromatic rings. The number of aryl methyl sites for hydroxylation is 2. The monoisotopic (exact) mass is 667 g/mol. The number of nitrogens with one attached hydrogen (secondary N) is 4. The Morgan fingerprint density at radius 1 is 0.604 bits per heavy atom. The maximum atomic E-state index is 5.49. The Morgan fingerprint density at radius 3 is 1.65 bits per heavy atom. The van der Waals surface area contributed by atoms with Gasteiger partial charge in [0.2, 0.25) is 11.4 Å². The van der Waals surface area contributed by atoms with Crippen LogP contribution in [0.5, 0.6) is 0 Å². The molecule has 8 bridgehead atoms. The Labute approximate surface area is 288 Å². The van der Waals surface area contributed by atoms with Gasteiger partial charge in [0, 0.05) is 41.0 Å². The van der Waals surface area contributed by atoms with Crippen molar-refractivity contribution >= 4 is 50.9 Å². The van der Waals surface area contributed by atoms with Crippen LogP contribution < -0.4 is 14.5 Å². The van der Waals surface area contributed by atoms with Crippen LogP contribution in [-0.4, -0.2) is 26.5 Å². The molecule has 48 heavy (non-hydrogen) atoms. The second-order valence-corrected chi connectivity index (χ2v) is 11.7. The number of fused-ring (bicyclic) bond motifs is 9. The van der Waals surface area contributed by atoms with E-state index in [0.717, 1.165) is 83.8 Å². The number of rotatable bonds is 5. The van der Waals surface area contributed by atoms with Crippen molar-refractivity contribution < 1.29 is 26.2 Å². The number of H-pyrrole nitrogens is 3. The number of terminal acetylenes is 1. The van der Waals surface area contributed by atoms with E-state index in [1.807, 2.05) is 12.1 Å². The van der Waals surface area contributed by atoms with Gasteiger partial charge in [-0.15, -0.1) is 6.42 Å². The average Bonchev–Trinajstić information content (AvgIpc) is 3.92. The predicted molar refractivity (Wildman–Crippen MR) is 191 cm³/mol. The zero-order valence-corrected chi connectivity index (χ0v) is 27.6. The van der Waals surface area contributed by atoms with Crippen LogP contribution >= 0.6 is 0 Å². The van der Waals surface area contributed by atoms with Crippen LogP contribution in [0.4, 0.5) is 5.69 Å². The summed E-state index contributed by atoms with van der Waals surface area (Å²) in [5, 5.41) is 3.27. The SMILES string of the molecule is C#CCNc1ccc(-c2c3nc(c(-c4cccc[n+]4C)c4ccc([nH]4)c4ccc([nH]4)c(-c4cccc[n+]4C)c4ccc2[nH]4)C=C3)cc1.[Fe+3]. The minimum absolute atomic E-state index is 0. The Hall–Kier alpha value is -5.87. The first-order chi connectivity index (χ1) is 23.1. The van der Waals surface area contributed by atoms with E-state index in [1.54, 1.807) is 0 Å². The number of aromatic nitrogens is 6. The molecule has 1 radical (unpaired) electrons. The molecule has 7 nitrogen and oxygen atoms in total. The van der Waals surface area contributed by atoms with Crippen LogP contribution in [0.1, 0.15) is 11.4 Å². The number of nitrogens with zero attached hydrogens (tertiary/aromatic N) is 3. The maximum absolute atomic E-state index is 5.49. The molecular formula is C40H33FeN7+5. The molecule has 0 saturated carbocycles. The first-order valence-corrected chi connectivity index (χ1v) is 15.6. The van der Waals surface area contributed by atoms with Gasteiger partial charge in [0.25, 0.3) is 0 Å². The van der Waals surface area contributed by atoms with Crippen LogP contribution in [-0.2, 0) is 31.2 Å². The molecule has 8 rings (SSSR count). The van der Waals surface area contributed by atoms with E-state index >= 15 is 0 Å². The van der Waals surface area contributed by atoms with E-state index in [4.69, 9.17) is 11.4 Å². The third-order valence-corrected chi connectivity index (χ3v) is 8.77. The van der Waals surface area contributed by atoms with Crippen molar-refractivity contribution in [2.45, 2.75) is 0 Å². The molecule has 1 aliphatic heterocycles. The van der Waals surface area contributed by atoms with E-state index in [9.17, 15) is 0 Å². The normalized spacial score (nSPS) is 11.4. The number of benzene rings is 1. The summed E-state index contributed by atoms with van der Waals surface area (Å²) in [6.45, 7) is 0.468. The van der Waals surface area contributed by atoms with Crippen LogP contribution in [0, 0.1) is 12.3 Å². The summed E-state index contributed by atoms with van der Waals surface area (Å²) in [5.74, 6) is 2.65. The maximum Gasteiger partial charge on any atom is 3.00 e. The average molecular weight is 668 g/mol. The Morgan fingerprint density at radius 2 is 1.08 bits per heavy atom. The molecule has 1 aromatic carbocycles. The summed E-state index contributed by atoms with van der Waals surface area (Å²) in [7, 11) is 4.14. The Balaban J connectivity index is 0.00000364. The van der Waals surface area contributed by atoms with Crippen LogP contribution in [0.15, 0.2) is 109 Å². The van der Waals surface area contributed by atoms with Crippen molar-refractivity contribution in [1.82, 2.24) is 19.9 Å². The molecule has 8 heteroatoms. The zero-order valence-electron chi connectivity index (χ0n) is 26.5. The number of hydrogen-bond donors (Lipinski definition) is 4.